The molecule has 1 aromatic carbocycles. The second-order valence-electron chi connectivity index (χ2n) is 4.46. The Kier molecular flexibility index (Phi) is 4.07. The number of nitrogens with one attached hydrogen (secondary N) is 2. The second kappa shape index (κ2) is 5.76. The van der Waals surface area contributed by atoms with Crippen LogP contribution >= 0.6 is 0 Å². The summed E-state index contributed by atoms with van der Waals surface area (Å²) in [7, 11) is 0. The largest absolute Gasteiger partial charge is 0.385 e. The van der Waals surface area contributed by atoms with Gasteiger partial charge in [0, 0.05) is 31.0 Å². The van der Waals surface area contributed by atoms with Gasteiger partial charge in [0.25, 0.3) is 0 Å². The molecule has 0 radical (unpaired) electrons. The van der Waals surface area contributed by atoms with Crippen LogP contribution in [0.15, 0.2) is 18.2 Å². The maximum atomic E-state index is 12.1. The molecule has 0 aromatic heterocycles. The van der Waals surface area contributed by atoms with E-state index in [2.05, 4.69) is 16.7 Å². The molecule has 1 aliphatic rings. The molecule has 4 nitrogen and oxygen atoms in total. The van der Waals surface area contributed by atoms with E-state index in [9.17, 15) is 4.79 Å². The number of carbonyl (C=O) groups excluding carboxylic acids is 1. The Morgan fingerprint density at radius 1 is 1.39 bits per heavy atom. The quantitative estimate of drug-likeness (QED) is 0.862. The Bertz CT molecular complexity index is 427. The molecule has 1 aromatic rings. The highest BCUT2D eigenvalue weighted by atomic mass is 16.2. The first-order valence-electron chi connectivity index (χ1n) is 6.68. The maximum Gasteiger partial charge on any atom is 0.321 e. The summed E-state index contributed by atoms with van der Waals surface area (Å²) in [5, 5.41) is 6.39. The fourth-order valence-corrected chi connectivity index (χ4v) is 2.33. The lowest BCUT2D eigenvalue weighted by molar-refractivity contribution is 0.217. The summed E-state index contributed by atoms with van der Waals surface area (Å²) in [5.74, 6) is 0. The number of urea groups is 1. The lowest BCUT2D eigenvalue weighted by Crippen LogP contribution is -2.34. The van der Waals surface area contributed by atoms with E-state index in [0.717, 1.165) is 43.9 Å². The number of benzene rings is 1. The topological polar surface area (TPSA) is 44.4 Å². The number of carbonyl (C=O) groups is 1. The second-order valence-corrected chi connectivity index (χ2v) is 4.46. The summed E-state index contributed by atoms with van der Waals surface area (Å²) in [6.07, 6.45) is 2.14. The molecule has 0 bridgehead atoms. The first kappa shape index (κ1) is 12.7. The Balaban J connectivity index is 2.16. The molecule has 2 rings (SSSR count). The number of fused-ring (bicyclic) bond motifs is 1. The minimum absolute atomic E-state index is 0.0148. The molecule has 0 spiro atoms. The van der Waals surface area contributed by atoms with Gasteiger partial charge in [0.2, 0.25) is 0 Å². The lowest BCUT2D eigenvalue weighted by atomic mass is 10.0. The zero-order chi connectivity index (χ0) is 13.0. The molecule has 0 saturated carbocycles. The molecule has 0 aliphatic carbocycles. The molecular weight excluding hydrogens is 226 g/mol. The Morgan fingerprint density at radius 3 is 2.89 bits per heavy atom. The standard InChI is InChI=1S/C14H21N3O/c1-3-17(4-2)14(18)16-13-9-5-8-12-11(13)7-6-10-15-12/h5,8-9,15H,3-4,6-7,10H2,1-2H3,(H,16,18). The van der Waals surface area contributed by atoms with Crippen molar-refractivity contribution < 1.29 is 4.79 Å². The lowest BCUT2D eigenvalue weighted by Gasteiger charge is -2.24. The molecule has 0 fully saturated rings. The monoisotopic (exact) mass is 247 g/mol. The third kappa shape index (κ3) is 2.58. The maximum absolute atomic E-state index is 12.1. The van der Waals surface area contributed by atoms with Crippen LogP contribution in [0.2, 0.25) is 0 Å². The van der Waals surface area contributed by atoms with Crippen LogP contribution < -0.4 is 10.6 Å². The minimum Gasteiger partial charge on any atom is -0.385 e. The Morgan fingerprint density at radius 2 is 2.17 bits per heavy atom. The van der Waals surface area contributed by atoms with E-state index >= 15 is 0 Å². The highest BCUT2D eigenvalue weighted by Gasteiger charge is 2.15. The molecule has 0 saturated heterocycles. The molecule has 4 heteroatoms. The summed E-state index contributed by atoms with van der Waals surface area (Å²) in [4.78, 5) is 13.8. The van der Waals surface area contributed by atoms with E-state index in [1.54, 1.807) is 4.90 Å². The average molecular weight is 247 g/mol. The van der Waals surface area contributed by atoms with Gasteiger partial charge in [-0.25, -0.2) is 4.79 Å². The normalized spacial score (nSPS) is 13.4. The van der Waals surface area contributed by atoms with E-state index in [0.29, 0.717) is 0 Å². The van der Waals surface area contributed by atoms with Crippen molar-refractivity contribution in [2.24, 2.45) is 0 Å². The van der Waals surface area contributed by atoms with E-state index in [-0.39, 0.29) is 6.03 Å². The molecule has 0 atom stereocenters. The van der Waals surface area contributed by atoms with Crippen LogP contribution in [0.5, 0.6) is 0 Å². The van der Waals surface area contributed by atoms with Gasteiger partial charge in [0.1, 0.15) is 0 Å². The summed E-state index contributed by atoms with van der Waals surface area (Å²) in [6, 6.07) is 6.02. The number of hydrogen-bond donors (Lipinski definition) is 2. The van der Waals surface area contributed by atoms with Gasteiger partial charge in [-0.05, 0) is 44.4 Å². The Labute approximate surface area is 108 Å². The molecule has 2 amide bonds. The van der Waals surface area contributed by atoms with Crippen molar-refractivity contribution in [3.05, 3.63) is 23.8 Å². The van der Waals surface area contributed by atoms with Gasteiger partial charge >= 0.3 is 6.03 Å². The Hall–Kier alpha value is -1.71. The average Bonchev–Trinajstić information content (AvgIpc) is 2.40. The number of amides is 2. The van der Waals surface area contributed by atoms with Gasteiger partial charge < -0.3 is 15.5 Å². The molecule has 1 heterocycles. The summed E-state index contributed by atoms with van der Waals surface area (Å²) >= 11 is 0. The van der Waals surface area contributed by atoms with E-state index in [1.807, 2.05) is 26.0 Å². The predicted molar refractivity (Wildman–Crippen MR) is 75.2 cm³/mol. The van der Waals surface area contributed by atoms with E-state index < -0.39 is 0 Å². The first-order chi connectivity index (χ1) is 8.76. The molecule has 1 aliphatic heterocycles. The van der Waals surface area contributed by atoms with Crippen LogP contribution in [-0.4, -0.2) is 30.6 Å². The number of anilines is 2. The van der Waals surface area contributed by atoms with Crippen LogP contribution in [0, 0.1) is 0 Å². The predicted octanol–water partition coefficient (Wildman–Crippen LogP) is 2.92. The minimum atomic E-state index is -0.0148. The van der Waals surface area contributed by atoms with Gasteiger partial charge in [-0.15, -0.1) is 0 Å². The smallest absolute Gasteiger partial charge is 0.321 e. The van der Waals surface area contributed by atoms with Crippen LogP contribution in [-0.2, 0) is 6.42 Å². The van der Waals surface area contributed by atoms with Crippen LogP contribution in [0.25, 0.3) is 0 Å². The third-order valence-electron chi connectivity index (χ3n) is 3.39. The van der Waals surface area contributed by atoms with Crippen LogP contribution in [0.4, 0.5) is 16.2 Å². The molecule has 18 heavy (non-hydrogen) atoms. The van der Waals surface area contributed by atoms with Crippen molar-refractivity contribution in [3.63, 3.8) is 0 Å². The van der Waals surface area contributed by atoms with Crippen molar-refractivity contribution in [3.8, 4) is 0 Å². The van der Waals surface area contributed by atoms with E-state index in [1.165, 1.54) is 5.56 Å². The van der Waals surface area contributed by atoms with Crippen molar-refractivity contribution >= 4 is 17.4 Å². The summed E-state index contributed by atoms with van der Waals surface area (Å²) in [5.41, 5.74) is 3.32. The van der Waals surface area contributed by atoms with E-state index in [4.69, 9.17) is 0 Å². The summed E-state index contributed by atoms with van der Waals surface area (Å²) < 4.78 is 0. The molecule has 98 valence electrons. The molecular formula is C14H21N3O. The molecule has 2 N–H and O–H groups in total. The number of nitrogens with zero attached hydrogens (tertiary/aromatic N) is 1. The highest BCUT2D eigenvalue weighted by Crippen LogP contribution is 2.28. The fourth-order valence-electron chi connectivity index (χ4n) is 2.33. The first-order valence-corrected chi connectivity index (χ1v) is 6.68. The van der Waals surface area contributed by atoms with Crippen LogP contribution in [0.3, 0.4) is 0 Å². The zero-order valence-electron chi connectivity index (χ0n) is 11.1. The van der Waals surface area contributed by atoms with Crippen molar-refractivity contribution in [1.29, 1.82) is 0 Å². The number of rotatable bonds is 3. The van der Waals surface area contributed by atoms with Gasteiger partial charge in [-0.2, -0.15) is 0 Å². The van der Waals surface area contributed by atoms with Gasteiger partial charge in [-0.1, -0.05) is 6.07 Å². The zero-order valence-corrected chi connectivity index (χ0v) is 11.1. The highest BCUT2D eigenvalue weighted by molar-refractivity contribution is 5.91. The number of hydrogen-bond acceptors (Lipinski definition) is 2. The van der Waals surface area contributed by atoms with Gasteiger partial charge in [-0.3, -0.25) is 0 Å². The fraction of sp³-hybridized carbons (Fsp3) is 0.500. The van der Waals surface area contributed by atoms with Crippen molar-refractivity contribution in [2.45, 2.75) is 26.7 Å². The third-order valence-corrected chi connectivity index (χ3v) is 3.39. The van der Waals surface area contributed by atoms with Crippen molar-refractivity contribution in [2.75, 3.05) is 30.3 Å². The van der Waals surface area contributed by atoms with Crippen molar-refractivity contribution in [1.82, 2.24) is 4.90 Å². The summed E-state index contributed by atoms with van der Waals surface area (Å²) in [6.45, 7) is 6.46. The van der Waals surface area contributed by atoms with Gasteiger partial charge in [0.15, 0.2) is 0 Å². The van der Waals surface area contributed by atoms with Crippen LogP contribution in [0.1, 0.15) is 25.8 Å². The molecule has 0 unspecified atom stereocenters. The SMILES string of the molecule is CCN(CC)C(=O)Nc1cccc2c1CCCN2. The van der Waals surface area contributed by atoms with Gasteiger partial charge in [0.05, 0.1) is 0 Å².